The van der Waals surface area contributed by atoms with Crippen LogP contribution in [0.4, 0.5) is 0 Å². The fourth-order valence-electron chi connectivity index (χ4n) is 2.40. The number of piperidine rings is 1. The van der Waals surface area contributed by atoms with E-state index in [1.54, 1.807) is 24.3 Å². The number of hydrogen-bond donors (Lipinski definition) is 2. The normalized spacial score (nSPS) is 17.0. The lowest BCUT2D eigenvalue weighted by atomic mass is 10.1. The molecular weight excluding hydrogens is 405 g/mol. The molecular formula is C13H18IN3O3S. The van der Waals surface area contributed by atoms with Crippen LogP contribution in [0.15, 0.2) is 29.2 Å². The first-order chi connectivity index (χ1) is 9.91. The summed E-state index contributed by atoms with van der Waals surface area (Å²) in [5.41, 5.74) is 5.24. The number of carbonyl (C=O) groups excluding carboxylic acids is 1. The van der Waals surface area contributed by atoms with Crippen molar-refractivity contribution in [2.45, 2.75) is 23.8 Å². The highest BCUT2D eigenvalue weighted by Crippen LogP contribution is 2.23. The molecule has 0 unspecified atom stereocenters. The second-order valence-electron chi connectivity index (χ2n) is 4.95. The Balaban J connectivity index is 2.33. The van der Waals surface area contributed by atoms with E-state index in [0.717, 1.165) is 16.7 Å². The molecule has 1 aromatic rings. The number of halogens is 1. The minimum Gasteiger partial charge on any atom is -0.369 e. The van der Waals surface area contributed by atoms with Gasteiger partial charge < -0.3 is 11.1 Å². The summed E-state index contributed by atoms with van der Waals surface area (Å²) in [6.45, 7) is 1.20. The van der Waals surface area contributed by atoms with E-state index in [4.69, 9.17) is 5.73 Å². The van der Waals surface area contributed by atoms with E-state index in [-0.39, 0.29) is 17.5 Å². The average Bonchev–Trinajstić information content (AvgIpc) is 2.46. The molecule has 21 heavy (non-hydrogen) atoms. The number of primary amides is 1. The minimum absolute atomic E-state index is 0.192. The van der Waals surface area contributed by atoms with Gasteiger partial charge >= 0.3 is 0 Å². The predicted octanol–water partition coefficient (Wildman–Crippen LogP) is 0.519. The second-order valence-corrected chi connectivity index (χ2v) is 8.09. The van der Waals surface area contributed by atoms with E-state index in [1.165, 1.54) is 4.31 Å². The van der Waals surface area contributed by atoms with Crippen molar-refractivity contribution in [3.8, 4) is 0 Å². The van der Waals surface area contributed by atoms with Crippen LogP contribution in [0.25, 0.3) is 0 Å². The zero-order chi connectivity index (χ0) is 15.5. The van der Waals surface area contributed by atoms with E-state index >= 15 is 0 Å². The number of rotatable bonds is 5. The fourth-order valence-corrected chi connectivity index (χ4v) is 4.41. The van der Waals surface area contributed by atoms with Gasteiger partial charge in [0.15, 0.2) is 0 Å². The molecule has 0 aromatic heterocycles. The van der Waals surface area contributed by atoms with Crippen LogP contribution in [-0.4, -0.2) is 44.3 Å². The Kier molecular flexibility index (Phi) is 5.58. The quantitative estimate of drug-likeness (QED) is 0.676. The molecule has 0 bridgehead atoms. The van der Waals surface area contributed by atoms with Gasteiger partial charge in [0, 0.05) is 9.61 Å². The minimum atomic E-state index is -3.71. The van der Waals surface area contributed by atoms with Crippen molar-refractivity contribution < 1.29 is 13.2 Å². The third-order valence-corrected chi connectivity index (χ3v) is 6.08. The third-order valence-electron chi connectivity index (χ3n) is 3.45. The summed E-state index contributed by atoms with van der Waals surface area (Å²) < 4.78 is 27.7. The second kappa shape index (κ2) is 7.03. The van der Waals surface area contributed by atoms with E-state index in [2.05, 4.69) is 27.9 Å². The van der Waals surface area contributed by atoms with Crippen LogP contribution < -0.4 is 11.1 Å². The highest BCUT2D eigenvalue weighted by atomic mass is 127. The average molecular weight is 423 g/mol. The molecule has 0 saturated carbocycles. The van der Waals surface area contributed by atoms with Gasteiger partial charge in [-0.3, -0.25) is 4.79 Å². The van der Waals surface area contributed by atoms with Crippen molar-refractivity contribution in [2.24, 2.45) is 5.73 Å². The van der Waals surface area contributed by atoms with E-state index < -0.39 is 15.9 Å². The molecule has 1 aliphatic heterocycles. The van der Waals surface area contributed by atoms with Crippen molar-refractivity contribution >= 4 is 38.5 Å². The summed E-state index contributed by atoms with van der Waals surface area (Å²) in [5.74, 6) is -0.636. The van der Waals surface area contributed by atoms with Crippen molar-refractivity contribution in [3.05, 3.63) is 27.8 Å². The Morgan fingerprint density at radius 3 is 2.38 bits per heavy atom. The SMILES string of the molecule is NC(=O)CN(C1CCNCC1)S(=O)(=O)c1ccc(I)cc1. The van der Waals surface area contributed by atoms with Crippen molar-refractivity contribution in [2.75, 3.05) is 19.6 Å². The van der Waals surface area contributed by atoms with Crippen LogP contribution in [0.1, 0.15) is 12.8 Å². The maximum Gasteiger partial charge on any atom is 0.243 e. The molecule has 6 nitrogen and oxygen atoms in total. The topological polar surface area (TPSA) is 92.5 Å². The van der Waals surface area contributed by atoms with Gasteiger partial charge in [0.2, 0.25) is 15.9 Å². The molecule has 116 valence electrons. The van der Waals surface area contributed by atoms with Crippen molar-refractivity contribution in [1.29, 1.82) is 0 Å². The van der Waals surface area contributed by atoms with Gasteiger partial charge in [0.05, 0.1) is 11.4 Å². The zero-order valence-corrected chi connectivity index (χ0v) is 14.4. The summed E-state index contributed by atoms with van der Waals surface area (Å²) in [6, 6.07) is 6.40. The lowest BCUT2D eigenvalue weighted by Crippen LogP contribution is -2.49. The lowest BCUT2D eigenvalue weighted by Gasteiger charge is -2.32. The van der Waals surface area contributed by atoms with Gasteiger partial charge in [-0.15, -0.1) is 0 Å². The highest BCUT2D eigenvalue weighted by Gasteiger charge is 2.33. The summed E-state index contributed by atoms with van der Waals surface area (Å²) in [6.07, 6.45) is 1.35. The molecule has 0 radical (unpaired) electrons. The van der Waals surface area contributed by atoms with Crippen LogP contribution in [-0.2, 0) is 14.8 Å². The molecule has 8 heteroatoms. The molecule has 0 atom stereocenters. The Hall–Kier alpha value is -0.710. The maximum atomic E-state index is 12.8. The van der Waals surface area contributed by atoms with E-state index in [0.29, 0.717) is 12.8 Å². The van der Waals surface area contributed by atoms with Crippen LogP contribution >= 0.6 is 22.6 Å². The summed E-state index contributed by atoms with van der Waals surface area (Å²) >= 11 is 2.11. The van der Waals surface area contributed by atoms with E-state index in [9.17, 15) is 13.2 Å². The number of nitrogens with two attached hydrogens (primary N) is 1. The van der Waals surface area contributed by atoms with Gasteiger partial charge in [0.25, 0.3) is 0 Å². The Labute approximate surface area is 138 Å². The monoisotopic (exact) mass is 423 g/mol. The number of amides is 1. The van der Waals surface area contributed by atoms with Gasteiger partial charge in [-0.05, 0) is 72.8 Å². The number of nitrogens with one attached hydrogen (secondary N) is 1. The fraction of sp³-hybridized carbons (Fsp3) is 0.462. The Morgan fingerprint density at radius 1 is 1.29 bits per heavy atom. The number of nitrogens with zero attached hydrogens (tertiary/aromatic N) is 1. The van der Waals surface area contributed by atoms with Crippen molar-refractivity contribution in [3.63, 3.8) is 0 Å². The van der Waals surface area contributed by atoms with Gasteiger partial charge in [-0.2, -0.15) is 4.31 Å². The molecule has 1 aliphatic rings. The number of benzene rings is 1. The molecule has 3 N–H and O–H groups in total. The number of carbonyl (C=O) groups is 1. The lowest BCUT2D eigenvalue weighted by molar-refractivity contribution is -0.118. The molecule has 0 spiro atoms. The van der Waals surface area contributed by atoms with Crippen LogP contribution in [0.3, 0.4) is 0 Å². The Morgan fingerprint density at radius 2 is 1.86 bits per heavy atom. The van der Waals surface area contributed by atoms with Crippen molar-refractivity contribution in [1.82, 2.24) is 9.62 Å². The summed E-state index contributed by atoms with van der Waals surface area (Å²) in [7, 11) is -3.71. The molecule has 0 aliphatic carbocycles. The summed E-state index contributed by atoms with van der Waals surface area (Å²) in [5, 5.41) is 3.18. The highest BCUT2D eigenvalue weighted by molar-refractivity contribution is 14.1. The first-order valence-corrected chi connectivity index (χ1v) is 9.19. The van der Waals surface area contributed by atoms with Crippen LogP contribution in [0.5, 0.6) is 0 Å². The number of sulfonamides is 1. The molecule has 1 saturated heterocycles. The first-order valence-electron chi connectivity index (χ1n) is 6.67. The largest absolute Gasteiger partial charge is 0.369 e. The van der Waals surface area contributed by atoms with E-state index in [1.807, 2.05) is 0 Å². The Bertz CT molecular complexity index is 598. The van der Waals surface area contributed by atoms with Crippen LogP contribution in [0, 0.1) is 3.57 Å². The zero-order valence-electron chi connectivity index (χ0n) is 11.5. The number of hydrogen-bond acceptors (Lipinski definition) is 4. The molecule has 2 rings (SSSR count). The molecule has 1 fully saturated rings. The van der Waals surface area contributed by atoms with Gasteiger partial charge in [-0.1, -0.05) is 0 Å². The molecule has 1 aromatic carbocycles. The smallest absolute Gasteiger partial charge is 0.243 e. The molecule has 1 amide bonds. The molecule has 1 heterocycles. The standard InChI is InChI=1S/C13H18IN3O3S/c14-10-1-3-12(4-2-10)21(19,20)17(9-13(15)18)11-5-7-16-8-6-11/h1-4,11,16H,5-9H2,(H2,15,18). The summed E-state index contributed by atoms with van der Waals surface area (Å²) in [4.78, 5) is 11.5. The predicted molar refractivity (Wildman–Crippen MR) is 88.1 cm³/mol. The maximum absolute atomic E-state index is 12.8. The third kappa shape index (κ3) is 4.15. The van der Waals surface area contributed by atoms with Gasteiger partial charge in [0.1, 0.15) is 0 Å². The van der Waals surface area contributed by atoms with Crippen LogP contribution in [0.2, 0.25) is 0 Å². The first kappa shape index (κ1) is 16.7. The van der Waals surface area contributed by atoms with Gasteiger partial charge in [-0.25, -0.2) is 8.42 Å².